The van der Waals surface area contributed by atoms with Crippen LogP contribution in [0.3, 0.4) is 0 Å². The molecule has 2 amide bonds. The summed E-state index contributed by atoms with van der Waals surface area (Å²) < 4.78 is 25.0. The van der Waals surface area contributed by atoms with Crippen molar-refractivity contribution in [1.82, 2.24) is 10.6 Å². The standard InChI is InChI=1S/C19H14BrFN2O4S/c1-26-15-8-11(6-13-17(24)22-19(28)23-18(13)25)7-14(20)16(15)27-9-10-3-2-4-12(21)5-10/h2-8H,9H2,1H3,(H2,22,23,24,25,28). The number of thiocarbonyl (C=S) groups is 1. The van der Waals surface area contributed by atoms with Gasteiger partial charge in [0.05, 0.1) is 11.6 Å². The molecule has 144 valence electrons. The Kier molecular flexibility index (Phi) is 6.05. The van der Waals surface area contributed by atoms with Crippen molar-refractivity contribution in [3.8, 4) is 11.5 Å². The van der Waals surface area contributed by atoms with Gasteiger partial charge >= 0.3 is 0 Å². The molecule has 28 heavy (non-hydrogen) atoms. The van der Waals surface area contributed by atoms with Gasteiger partial charge in [0.15, 0.2) is 16.6 Å². The molecule has 0 radical (unpaired) electrons. The largest absolute Gasteiger partial charge is 0.493 e. The van der Waals surface area contributed by atoms with E-state index in [4.69, 9.17) is 21.7 Å². The number of amides is 2. The van der Waals surface area contributed by atoms with E-state index in [2.05, 4.69) is 26.6 Å². The smallest absolute Gasteiger partial charge is 0.263 e. The van der Waals surface area contributed by atoms with Gasteiger partial charge in [-0.3, -0.25) is 20.2 Å². The van der Waals surface area contributed by atoms with Crippen LogP contribution >= 0.6 is 28.1 Å². The Hall–Kier alpha value is -2.78. The molecule has 0 saturated carbocycles. The highest BCUT2D eigenvalue weighted by molar-refractivity contribution is 9.10. The quantitative estimate of drug-likeness (QED) is 0.403. The first-order chi connectivity index (χ1) is 13.4. The lowest BCUT2D eigenvalue weighted by Gasteiger charge is -2.17. The molecule has 1 aliphatic rings. The zero-order chi connectivity index (χ0) is 20.3. The van der Waals surface area contributed by atoms with Gasteiger partial charge in [0.25, 0.3) is 11.8 Å². The summed E-state index contributed by atoms with van der Waals surface area (Å²) in [5.41, 5.74) is 1.11. The molecular formula is C19H14BrFN2O4S. The van der Waals surface area contributed by atoms with Crippen molar-refractivity contribution in [2.24, 2.45) is 0 Å². The first-order valence-electron chi connectivity index (χ1n) is 8.00. The van der Waals surface area contributed by atoms with Crippen LogP contribution in [-0.4, -0.2) is 24.0 Å². The maximum absolute atomic E-state index is 13.3. The molecule has 0 aliphatic carbocycles. The molecule has 9 heteroatoms. The summed E-state index contributed by atoms with van der Waals surface area (Å²) in [4.78, 5) is 24.0. The monoisotopic (exact) mass is 464 g/mol. The number of hydrogen-bond acceptors (Lipinski definition) is 5. The van der Waals surface area contributed by atoms with Crippen molar-refractivity contribution in [1.29, 1.82) is 0 Å². The van der Waals surface area contributed by atoms with Crippen LogP contribution in [0, 0.1) is 5.82 Å². The Morgan fingerprint density at radius 1 is 1.18 bits per heavy atom. The van der Waals surface area contributed by atoms with Crippen LogP contribution in [0.4, 0.5) is 4.39 Å². The van der Waals surface area contributed by atoms with Gasteiger partial charge < -0.3 is 9.47 Å². The fraction of sp³-hybridized carbons (Fsp3) is 0.105. The molecule has 1 saturated heterocycles. The molecule has 6 nitrogen and oxygen atoms in total. The van der Waals surface area contributed by atoms with Gasteiger partial charge in [0.1, 0.15) is 18.0 Å². The number of benzene rings is 2. The van der Waals surface area contributed by atoms with E-state index in [0.717, 1.165) is 0 Å². The van der Waals surface area contributed by atoms with Crippen LogP contribution in [0.1, 0.15) is 11.1 Å². The van der Waals surface area contributed by atoms with E-state index in [-0.39, 0.29) is 23.1 Å². The normalized spacial score (nSPS) is 13.7. The molecule has 2 aromatic carbocycles. The van der Waals surface area contributed by atoms with Crippen molar-refractivity contribution < 1.29 is 23.5 Å². The van der Waals surface area contributed by atoms with Crippen molar-refractivity contribution in [3.63, 3.8) is 0 Å². The summed E-state index contributed by atoms with van der Waals surface area (Å²) in [5.74, 6) is -0.736. The molecule has 1 aliphatic heterocycles. The number of hydrogen-bond donors (Lipinski definition) is 2. The van der Waals surface area contributed by atoms with Gasteiger partial charge in [0.2, 0.25) is 0 Å². The van der Waals surface area contributed by atoms with E-state index in [1.807, 2.05) is 0 Å². The predicted octanol–water partition coefficient (Wildman–Crippen LogP) is 3.09. The highest BCUT2D eigenvalue weighted by atomic mass is 79.9. The second kappa shape index (κ2) is 8.49. The summed E-state index contributed by atoms with van der Waals surface area (Å²) in [7, 11) is 1.46. The van der Waals surface area contributed by atoms with Crippen LogP contribution in [0.25, 0.3) is 6.08 Å². The highest BCUT2D eigenvalue weighted by Crippen LogP contribution is 2.37. The maximum atomic E-state index is 13.3. The van der Waals surface area contributed by atoms with Gasteiger partial charge in [0, 0.05) is 0 Å². The molecule has 3 rings (SSSR count). The Labute approximate surface area is 173 Å². The fourth-order valence-electron chi connectivity index (χ4n) is 2.52. The third kappa shape index (κ3) is 4.55. The third-order valence-corrected chi connectivity index (χ3v) is 4.57. The lowest BCUT2D eigenvalue weighted by molar-refractivity contribution is -0.123. The van der Waals surface area contributed by atoms with Crippen molar-refractivity contribution in [3.05, 3.63) is 63.4 Å². The molecular weight excluding hydrogens is 451 g/mol. The van der Waals surface area contributed by atoms with E-state index < -0.39 is 11.8 Å². The Morgan fingerprint density at radius 3 is 2.54 bits per heavy atom. The predicted molar refractivity (Wildman–Crippen MR) is 108 cm³/mol. The molecule has 1 heterocycles. The first-order valence-corrected chi connectivity index (χ1v) is 9.20. The Morgan fingerprint density at radius 2 is 1.89 bits per heavy atom. The number of rotatable bonds is 5. The van der Waals surface area contributed by atoms with Gasteiger partial charge in [-0.15, -0.1) is 0 Å². The number of carbonyl (C=O) groups is 2. The van der Waals surface area contributed by atoms with Crippen molar-refractivity contribution in [2.75, 3.05) is 7.11 Å². The van der Waals surface area contributed by atoms with Crippen LogP contribution in [0.15, 0.2) is 46.4 Å². The minimum Gasteiger partial charge on any atom is -0.493 e. The number of ether oxygens (including phenoxy) is 2. The second-order valence-electron chi connectivity index (χ2n) is 5.75. The average Bonchev–Trinajstić information content (AvgIpc) is 2.63. The molecule has 2 aromatic rings. The van der Waals surface area contributed by atoms with E-state index in [1.165, 1.54) is 25.3 Å². The number of methoxy groups -OCH3 is 1. The maximum Gasteiger partial charge on any atom is 0.263 e. The van der Waals surface area contributed by atoms with Crippen LogP contribution < -0.4 is 20.1 Å². The molecule has 2 N–H and O–H groups in total. The van der Waals surface area contributed by atoms with E-state index >= 15 is 0 Å². The molecule has 0 bridgehead atoms. The fourth-order valence-corrected chi connectivity index (χ4v) is 3.28. The minimum absolute atomic E-state index is 0.0352. The SMILES string of the molecule is COc1cc(C=C2C(=O)NC(=S)NC2=O)cc(Br)c1OCc1cccc(F)c1. The number of halogens is 2. The van der Waals surface area contributed by atoms with Crippen molar-refractivity contribution >= 4 is 51.2 Å². The Bertz CT molecular complexity index is 987. The number of carbonyl (C=O) groups excluding carboxylic acids is 2. The van der Waals surface area contributed by atoms with E-state index in [1.54, 1.807) is 24.3 Å². The second-order valence-corrected chi connectivity index (χ2v) is 7.01. The number of nitrogens with one attached hydrogen (secondary N) is 2. The first kappa shape index (κ1) is 20.0. The van der Waals surface area contributed by atoms with Crippen molar-refractivity contribution in [2.45, 2.75) is 6.61 Å². The van der Waals surface area contributed by atoms with Gasteiger partial charge in [-0.1, -0.05) is 12.1 Å². The summed E-state index contributed by atoms with van der Waals surface area (Å²) in [6, 6.07) is 9.36. The zero-order valence-corrected chi connectivity index (χ0v) is 16.9. The molecule has 0 atom stereocenters. The minimum atomic E-state index is -0.588. The average molecular weight is 465 g/mol. The van der Waals surface area contributed by atoms with Gasteiger partial charge in [-0.05, 0) is 69.6 Å². The summed E-state index contributed by atoms with van der Waals surface area (Å²) in [5, 5.41) is 4.71. The summed E-state index contributed by atoms with van der Waals surface area (Å²) in [6.45, 7) is 0.134. The van der Waals surface area contributed by atoms with E-state index in [0.29, 0.717) is 27.1 Å². The summed E-state index contributed by atoms with van der Waals surface area (Å²) in [6.07, 6.45) is 1.41. The lowest BCUT2D eigenvalue weighted by atomic mass is 10.1. The highest BCUT2D eigenvalue weighted by Gasteiger charge is 2.26. The molecule has 1 fully saturated rings. The van der Waals surface area contributed by atoms with Crippen LogP contribution in [-0.2, 0) is 16.2 Å². The van der Waals surface area contributed by atoms with Crippen LogP contribution in [0.5, 0.6) is 11.5 Å². The van der Waals surface area contributed by atoms with Crippen LogP contribution in [0.2, 0.25) is 0 Å². The topological polar surface area (TPSA) is 76.7 Å². The Balaban J connectivity index is 1.87. The summed E-state index contributed by atoms with van der Waals surface area (Å²) >= 11 is 8.17. The van der Waals surface area contributed by atoms with Gasteiger partial charge in [-0.2, -0.15) is 0 Å². The molecule has 0 unspecified atom stereocenters. The zero-order valence-electron chi connectivity index (χ0n) is 14.5. The molecule has 0 aromatic heterocycles. The molecule has 0 spiro atoms. The lowest BCUT2D eigenvalue weighted by Crippen LogP contribution is -2.51. The van der Waals surface area contributed by atoms with Gasteiger partial charge in [-0.25, -0.2) is 4.39 Å². The third-order valence-electron chi connectivity index (χ3n) is 3.78. The van der Waals surface area contributed by atoms with E-state index in [9.17, 15) is 14.0 Å².